The molecule has 0 saturated heterocycles. The second kappa shape index (κ2) is 6.72. The lowest BCUT2D eigenvalue weighted by Crippen LogP contribution is -2.14. The fraction of sp³-hybridized carbons (Fsp3) is 0.786. The Morgan fingerprint density at radius 3 is 2.70 bits per heavy atom. The first-order chi connectivity index (χ1) is 9.63. The van der Waals surface area contributed by atoms with Crippen LogP contribution in [0.3, 0.4) is 0 Å². The van der Waals surface area contributed by atoms with Crippen LogP contribution < -0.4 is 5.32 Å². The molecule has 0 amide bonds. The van der Waals surface area contributed by atoms with Gasteiger partial charge in [-0.25, -0.2) is 4.68 Å². The van der Waals surface area contributed by atoms with Crippen molar-refractivity contribution in [2.24, 2.45) is 5.92 Å². The van der Waals surface area contributed by atoms with Crippen molar-refractivity contribution in [3.63, 3.8) is 0 Å². The smallest absolute Gasteiger partial charge is 0.333 e. The van der Waals surface area contributed by atoms with Gasteiger partial charge in [-0.1, -0.05) is 32.1 Å². The molecule has 0 aromatic carbocycles. The number of nitro groups is 1. The van der Waals surface area contributed by atoms with Crippen LogP contribution in [0.25, 0.3) is 0 Å². The van der Waals surface area contributed by atoms with Crippen molar-refractivity contribution in [3.05, 3.63) is 15.8 Å². The van der Waals surface area contributed by atoms with Gasteiger partial charge < -0.3 is 5.32 Å². The monoisotopic (exact) mass is 280 g/mol. The molecule has 1 aliphatic carbocycles. The van der Waals surface area contributed by atoms with Gasteiger partial charge in [0.25, 0.3) is 0 Å². The summed E-state index contributed by atoms with van der Waals surface area (Å²) in [7, 11) is 0. The average Bonchev–Trinajstić information content (AvgIpc) is 2.76. The van der Waals surface area contributed by atoms with Crippen molar-refractivity contribution in [1.29, 1.82) is 0 Å². The Morgan fingerprint density at radius 2 is 2.10 bits per heavy atom. The zero-order valence-corrected chi connectivity index (χ0v) is 12.4. The molecule has 1 aromatic rings. The zero-order valence-electron chi connectivity index (χ0n) is 12.4. The van der Waals surface area contributed by atoms with Gasteiger partial charge in [-0.05, 0) is 26.2 Å². The van der Waals surface area contributed by atoms with E-state index in [0.717, 1.165) is 18.9 Å². The van der Waals surface area contributed by atoms with Gasteiger partial charge in [-0.15, -0.1) is 0 Å². The summed E-state index contributed by atoms with van der Waals surface area (Å²) >= 11 is 0. The van der Waals surface area contributed by atoms with Crippen LogP contribution in [-0.4, -0.2) is 21.2 Å². The van der Waals surface area contributed by atoms with E-state index in [9.17, 15) is 10.1 Å². The zero-order chi connectivity index (χ0) is 14.5. The van der Waals surface area contributed by atoms with Gasteiger partial charge in [0, 0.05) is 13.1 Å². The van der Waals surface area contributed by atoms with E-state index in [1.54, 1.807) is 11.6 Å². The third kappa shape index (κ3) is 3.29. The Bertz CT molecular complexity index is 464. The number of aromatic nitrogens is 2. The molecule has 0 spiro atoms. The Kier molecular flexibility index (Phi) is 4.98. The molecule has 6 nitrogen and oxygen atoms in total. The van der Waals surface area contributed by atoms with E-state index < -0.39 is 0 Å². The molecule has 0 bridgehead atoms. The lowest BCUT2D eigenvalue weighted by Gasteiger charge is -2.21. The number of hydrogen-bond donors (Lipinski definition) is 1. The van der Waals surface area contributed by atoms with Gasteiger partial charge in [-0.2, -0.15) is 5.10 Å². The topological polar surface area (TPSA) is 73.0 Å². The highest BCUT2D eigenvalue weighted by Crippen LogP contribution is 2.29. The molecule has 1 N–H and O–H groups in total. The van der Waals surface area contributed by atoms with E-state index in [1.807, 2.05) is 6.92 Å². The normalized spacial score (nSPS) is 16.3. The van der Waals surface area contributed by atoms with Gasteiger partial charge in [0.2, 0.25) is 5.82 Å². The van der Waals surface area contributed by atoms with Gasteiger partial charge in [0.15, 0.2) is 0 Å². The second-order valence-corrected chi connectivity index (χ2v) is 5.57. The minimum atomic E-state index is -0.336. The molecule has 20 heavy (non-hydrogen) atoms. The summed E-state index contributed by atoms with van der Waals surface area (Å²) in [5, 5.41) is 18.6. The Hall–Kier alpha value is -1.59. The number of nitrogens with zero attached hydrogens (tertiary/aromatic N) is 3. The molecule has 112 valence electrons. The molecule has 1 aromatic heterocycles. The third-order valence-electron chi connectivity index (χ3n) is 4.15. The Labute approximate surface area is 119 Å². The minimum absolute atomic E-state index is 0.121. The highest BCUT2D eigenvalue weighted by atomic mass is 16.6. The fourth-order valence-electron chi connectivity index (χ4n) is 3.06. The first-order valence-electron chi connectivity index (χ1n) is 7.59. The molecular weight excluding hydrogens is 256 g/mol. The fourth-order valence-corrected chi connectivity index (χ4v) is 3.06. The van der Waals surface area contributed by atoms with Crippen LogP contribution in [0.4, 0.5) is 11.5 Å². The molecule has 6 heteroatoms. The Morgan fingerprint density at radius 1 is 1.40 bits per heavy atom. The quantitative estimate of drug-likeness (QED) is 0.639. The maximum atomic E-state index is 11.1. The maximum Gasteiger partial charge on any atom is 0.333 e. The summed E-state index contributed by atoms with van der Waals surface area (Å²) in [5.41, 5.74) is 0.604. The number of hydrogen-bond acceptors (Lipinski definition) is 4. The van der Waals surface area contributed by atoms with E-state index in [1.165, 1.54) is 32.1 Å². The molecule has 0 atom stereocenters. The predicted octanol–water partition coefficient (Wildman–Crippen LogP) is 3.50. The van der Waals surface area contributed by atoms with Crippen LogP contribution in [0, 0.1) is 23.0 Å². The van der Waals surface area contributed by atoms with Crippen molar-refractivity contribution in [2.45, 2.75) is 58.9 Å². The van der Waals surface area contributed by atoms with E-state index in [0.29, 0.717) is 18.1 Å². The Balaban J connectivity index is 1.98. The minimum Gasteiger partial charge on any atom is -0.365 e. The standard InChI is InChI=1S/C14H24N4O2/c1-3-17-14(13(18(19)20)11(2)16-17)15-10-9-12-7-5-4-6-8-12/h12,15H,3-10H2,1-2H3. The van der Waals surface area contributed by atoms with Crippen molar-refractivity contribution >= 4 is 11.5 Å². The van der Waals surface area contributed by atoms with Crippen LogP contribution in [-0.2, 0) is 6.54 Å². The molecule has 1 saturated carbocycles. The van der Waals surface area contributed by atoms with Gasteiger partial charge in [-0.3, -0.25) is 10.1 Å². The summed E-state index contributed by atoms with van der Waals surface area (Å²) in [6.07, 6.45) is 7.71. The summed E-state index contributed by atoms with van der Waals surface area (Å²) in [4.78, 5) is 10.8. The maximum absolute atomic E-state index is 11.1. The largest absolute Gasteiger partial charge is 0.365 e. The highest BCUT2D eigenvalue weighted by molar-refractivity contribution is 5.59. The predicted molar refractivity (Wildman–Crippen MR) is 79.0 cm³/mol. The highest BCUT2D eigenvalue weighted by Gasteiger charge is 2.24. The van der Waals surface area contributed by atoms with Crippen molar-refractivity contribution in [1.82, 2.24) is 9.78 Å². The van der Waals surface area contributed by atoms with Gasteiger partial charge >= 0.3 is 5.69 Å². The van der Waals surface area contributed by atoms with Crippen LogP contribution in [0.2, 0.25) is 0 Å². The molecule has 0 unspecified atom stereocenters. The number of aryl methyl sites for hydroxylation is 2. The summed E-state index contributed by atoms with van der Waals surface area (Å²) < 4.78 is 1.69. The lowest BCUT2D eigenvalue weighted by atomic mass is 9.87. The van der Waals surface area contributed by atoms with E-state index in [-0.39, 0.29) is 10.6 Å². The lowest BCUT2D eigenvalue weighted by molar-refractivity contribution is -0.384. The molecule has 2 rings (SSSR count). The second-order valence-electron chi connectivity index (χ2n) is 5.57. The van der Waals surface area contributed by atoms with Gasteiger partial charge in [0.1, 0.15) is 5.69 Å². The molecular formula is C14H24N4O2. The summed E-state index contributed by atoms with van der Waals surface area (Å²) in [5.74, 6) is 1.33. The number of anilines is 1. The van der Waals surface area contributed by atoms with Crippen LogP contribution in [0.1, 0.15) is 51.1 Å². The molecule has 0 aliphatic heterocycles. The molecule has 1 aliphatic rings. The summed E-state index contributed by atoms with van der Waals surface area (Å²) in [6, 6.07) is 0. The molecule has 0 radical (unpaired) electrons. The molecule has 1 fully saturated rings. The average molecular weight is 280 g/mol. The summed E-state index contributed by atoms with van der Waals surface area (Å²) in [6.45, 7) is 5.07. The van der Waals surface area contributed by atoms with Crippen LogP contribution >= 0.6 is 0 Å². The number of nitrogens with one attached hydrogen (secondary N) is 1. The van der Waals surface area contributed by atoms with E-state index in [4.69, 9.17) is 0 Å². The van der Waals surface area contributed by atoms with E-state index >= 15 is 0 Å². The third-order valence-corrected chi connectivity index (χ3v) is 4.15. The number of rotatable bonds is 6. The van der Waals surface area contributed by atoms with Crippen molar-refractivity contribution < 1.29 is 4.92 Å². The van der Waals surface area contributed by atoms with Crippen molar-refractivity contribution in [3.8, 4) is 0 Å². The van der Waals surface area contributed by atoms with Crippen molar-refractivity contribution in [2.75, 3.05) is 11.9 Å². The SMILES string of the molecule is CCn1nc(C)c([N+](=O)[O-])c1NCCC1CCCCC1. The van der Waals surface area contributed by atoms with Crippen LogP contribution in [0.5, 0.6) is 0 Å². The van der Waals surface area contributed by atoms with Gasteiger partial charge in [0.05, 0.1) is 4.92 Å². The van der Waals surface area contributed by atoms with Crippen LogP contribution in [0.15, 0.2) is 0 Å². The first-order valence-corrected chi connectivity index (χ1v) is 7.59. The first kappa shape index (κ1) is 14.8. The van der Waals surface area contributed by atoms with E-state index in [2.05, 4.69) is 10.4 Å². The molecule has 1 heterocycles.